The number of nitrogens with one attached hydrogen (secondary N) is 1. The maximum Gasteiger partial charge on any atom is 0.0576 e. The summed E-state index contributed by atoms with van der Waals surface area (Å²) in [7, 11) is 0. The van der Waals surface area contributed by atoms with E-state index in [1.807, 2.05) is 0 Å². The summed E-state index contributed by atoms with van der Waals surface area (Å²) in [4.78, 5) is 0. The first-order valence-electron chi connectivity index (χ1n) is 11.3. The lowest BCUT2D eigenvalue weighted by Crippen LogP contribution is -2.23. The molecule has 4 aromatic rings. The van der Waals surface area contributed by atoms with Crippen LogP contribution in [0.25, 0.3) is 0 Å². The predicted octanol–water partition coefficient (Wildman–Crippen LogP) is 7.37. The molecule has 156 valence electrons. The molecule has 0 aromatic heterocycles. The number of unbranched alkanes of at least 4 members (excludes halogenated alkanes) is 1. The zero-order valence-corrected chi connectivity index (χ0v) is 18.0. The van der Waals surface area contributed by atoms with Gasteiger partial charge in [-0.05, 0) is 41.6 Å². The molecule has 0 aliphatic rings. The Kier molecular flexibility index (Phi) is 7.68. The van der Waals surface area contributed by atoms with E-state index < -0.39 is 0 Å². The van der Waals surface area contributed by atoms with E-state index in [2.05, 4.69) is 127 Å². The van der Waals surface area contributed by atoms with E-state index in [0.29, 0.717) is 5.92 Å². The minimum atomic E-state index is 0.237. The number of rotatable bonds is 10. The first-order chi connectivity index (χ1) is 15.4. The molecule has 0 amide bonds. The molecule has 0 radical (unpaired) electrons. The molecule has 1 N–H and O–H groups in total. The van der Waals surface area contributed by atoms with Crippen LogP contribution in [0.1, 0.15) is 53.5 Å². The zero-order valence-electron chi connectivity index (χ0n) is 18.0. The maximum atomic E-state index is 3.81. The first kappa shape index (κ1) is 21.1. The van der Waals surface area contributed by atoms with Gasteiger partial charge in [0.15, 0.2) is 0 Å². The largest absolute Gasteiger partial charge is 0.306 e. The third-order valence-corrected chi connectivity index (χ3v) is 5.94. The summed E-state index contributed by atoms with van der Waals surface area (Å²) in [6.07, 6.45) is 3.52. The van der Waals surface area contributed by atoms with E-state index in [1.165, 1.54) is 28.7 Å². The molecule has 0 spiro atoms. The van der Waals surface area contributed by atoms with Crippen molar-refractivity contribution in [3.05, 3.63) is 144 Å². The Morgan fingerprint density at radius 2 is 0.839 bits per heavy atom. The molecule has 0 atom stereocenters. The fourth-order valence-electron chi connectivity index (χ4n) is 4.34. The molecule has 4 aromatic carbocycles. The molecule has 0 fully saturated rings. The lowest BCUT2D eigenvalue weighted by molar-refractivity contribution is 0.545. The van der Waals surface area contributed by atoms with Crippen LogP contribution in [-0.2, 0) is 0 Å². The minimum Gasteiger partial charge on any atom is -0.306 e. The van der Waals surface area contributed by atoms with Gasteiger partial charge in [-0.3, -0.25) is 0 Å². The maximum absolute atomic E-state index is 3.81. The highest BCUT2D eigenvalue weighted by Gasteiger charge is 2.15. The van der Waals surface area contributed by atoms with Crippen LogP contribution in [0, 0.1) is 0 Å². The topological polar surface area (TPSA) is 12.0 Å². The molecule has 0 aliphatic carbocycles. The van der Waals surface area contributed by atoms with Crippen molar-refractivity contribution in [1.82, 2.24) is 5.32 Å². The Hall–Kier alpha value is -3.16. The van der Waals surface area contributed by atoms with Crippen LogP contribution >= 0.6 is 0 Å². The molecular weight excluding hydrogens is 374 g/mol. The SMILES string of the molecule is c1ccc(C(CCCCNC(c2ccccc2)c2ccccc2)c2ccccc2)cc1. The lowest BCUT2D eigenvalue weighted by atomic mass is 9.87. The van der Waals surface area contributed by atoms with Gasteiger partial charge in [-0.2, -0.15) is 0 Å². The summed E-state index contributed by atoms with van der Waals surface area (Å²) in [6.45, 7) is 1.00. The minimum absolute atomic E-state index is 0.237. The molecule has 0 unspecified atom stereocenters. The molecule has 1 heteroatoms. The number of benzene rings is 4. The summed E-state index contributed by atoms with van der Waals surface area (Å²) >= 11 is 0. The van der Waals surface area contributed by atoms with Gasteiger partial charge >= 0.3 is 0 Å². The first-order valence-corrected chi connectivity index (χ1v) is 11.3. The number of hydrogen-bond acceptors (Lipinski definition) is 1. The number of hydrogen-bond donors (Lipinski definition) is 1. The van der Waals surface area contributed by atoms with Crippen LogP contribution in [0.3, 0.4) is 0 Å². The molecule has 4 rings (SSSR count). The van der Waals surface area contributed by atoms with Crippen molar-refractivity contribution in [2.75, 3.05) is 6.54 Å². The standard InChI is InChI=1S/C30H31N/c1-5-15-25(16-6-1)29(26-17-7-2-8-18-26)23-13-14-24-31-30(27-19-9-3-10-20-27)28-21-11-4-12-22-28/h1-12,15-22,29-31H,13-14,23-24H2. The van der Waals surface area contributed by atoms with Crippen LogP contribution < -0.4 is 5.32 Å². The van der Waals surface area contributed by atoms with Crippen molar-refractivity contribution < 1.29 is 0 Å². The Labute approximate surface area is 186 Å². The van der Waals surface area contributed by atoms with Crippen LogP contribution in [-0.4, -0.2) is 6.54 Å². The van der Waals surface area contributed by atoms with E-state index in [4.69, 9.17) is 0 Å². The van der Waals surface area contributed by atoms with Crippen LogP contribution in [0.15, 0.2) is 121 Å². The molecule has 0 saturated heterocycles. The van der Waals surface area contributed by atoms with Gasteiger partial charge in [-0.15, -0.1) is 0 Å². The monoisotopic (exact) mass is 405 g/mol. The fraction of sp³-hybridized carbons (Fsp3) is 0.200. The van der Waals surface area contributed by atoms with Crippen LogP contribution in [0.4, 0.5) is 0 Å². The summed E-state index contributed by atoms with van der Waals surface area (Å²) in [6, 6.07) is 43.6. The highest BCUT2D eigenvalue weighted by molar-refractivity contribution is 5.33. The highest BCUT2D eigenvalue weighted by atomic mass is 14.9. The average molecular weight is 406 g/mol. The molecule has 0 saturated carbocycles. The van der Waals surface area contributed by atoms with Crippen molar-refractivity contribution in [3.8, 4) is 0 Å². The van der Waals surface area contributed by atoms with Gasteiger partial charge in [0.1, 0.15) is 0 Å². The van der Waals surface area contributed by atoms with Crippen LogP contribution in [0.2, 0.25) is 0 Å². The summed E-state index contributed by atoms with van der Waals surface area (Å²) in [5, 5.41) is 3.81. The summed E-state index contributed by atoms with van der Waals surface area (Å²) in [5.41, 5.74) is 5.46. The molecule has 1 nitrogen and oxygen atoms in total. The van der Waals surface area contributed by atoms with Gasteiger partial charge in [-0.1, -0.05) is 128 Å². The second-order valence-electron chi connectivity index (χ2n) is 8.08. The van der Waals surface area contributed by atoms with E-state index in [0.717, 1.165) is 19.4 Å². The van der Waals surface area contributed by atoms with Gasteiger partial charge < -0.3 is 5.32 Å². The molecular formula is C30H31N. The Morgan fingerprint density at radius 1 is 0.452 bits per heavy atom. The van der Waals surface area contributed by atoms with Crippen LogP contribution in [0.5, 0.6) is 0 Å². The van der Waals surface area contributed by atoms with Gasteiger partial charge in [0, 0.05) is 5.92 Å². The molecule has 0 bridgehead atoms. The molecule has 0 aliphatic heterocycles. The third-order valence-electron chi connectivity index (χ3n) is 5.94. The second-order valence-corrected chi connectivity index (χ2v) is 8.08. The van der Waals surface area contributed by atoms with Gasteiger partial charge in [-0.25, -0.2) is 0 Å². The van der Waals surface area contributed by atoms with Gasteiger partial charge in [0.25, 0.3) is 0 Å². The lowest BCUT2D eigenvalue weighted by Gasteiger charge is -2.21. The Bertz CT molecular complexity index is 833. The molecule has 31 heavy (non-hydrogen) atoms. The van der Waals surface area contributed by atoms with E-state index in [1.54, 1.807) is 0 Å². The smallest absolute Gasteiger partial charge is 0.0576 e. The quantitative estimate of drug-likeness (QED) is 0.272. The highest BCUT2D eigenvalue weighted by Crippen LogP contribution is 2.29. The van der Waals surface area contributed by atoms with E-state index in [9.17, 15) is 0 Å². The van der Waals surface area contributed by atoms with Gasteiger partial charge in [0.05, 0.1) is 6.04 Å². The zero-order chi connectivity index (χ0) is 21.1. The Balaban J connectivity index is 1.37. The predicted molar refractivity (Wildman–Crippen MR) is 131 cm³/mol. The average Bonchev–Trinajstić information content (AvgIpc) is 2.86. The van der Waals surface area contributed by atoms with Crippen molar-refractivity contribution in [3.63, 3.8) is 0 Å². The molecule has 0 heterocycles. The van der Waals surface area contributed by atoms with Crippen molar-refractivity contribution in [2.45, 2.75) is 31.2 Å². The fourth-order valence-corrected chi connectivity index (χ4v) is 4.34. The normalized spacial score (nSPS) is 11.2. The van der Waals surface area contributed by atoms with E-state index >= 15 is 0 Å². The van der Waals surface area contributed by atoms with Gasteiger partial charge in [0.2, 0.25) is 0 Å². The second kappa shape index (κ2) is 11.3. The van der Waals surface area contributed by atoms with Crippen molar-refractivity contribution >= 4 is 0 Å². The van der Waals surface area contributed by atoms with E-state index in [-0.39, 0.29) is 6.04 Å². The summed E-state index contributed by atoms with van der Waals surface area (Å²) in [5.74, 6) is 0.460. The Morgan fingerprint density at radius 3 is 1.26 bits per heavy atom. The van der Waals surface area contributed by atoms with Crippen molar-refractivity contribution in [2.24, 2.45) is 0 Å². The van der Waals surface area contributed by atoms with Crippen molar-refractivity contribution in [1.29, 1.82) is 0 Å². The summed E-state index contributed by atoms with van der Waals surface area (Å²) < 4.78 is 0. The third kappa shape index (κ3) is 5.93.